The molecule has 0 bridgehead atoms. The Morgan fingerprint density at radius 2 is 2.29 bits per heavy atom. The summed E-state index contributed by atoms with van der Waals surface area (Å²) in [4.78, 5) is 24.2. The molecule has 0 saturated carbocycles. The van der Waals surface area contributed by atoms with Gasteiger partial charge in [0.2, 0.25) is 0 Å². The quantitative estimate of drug-likeness (QED) is 0.842. The second-order valence-corrected chi connectivity index (χ2v) is 6.74. The number of aryl methyl sites for hydroxylation is 1. The average molecular weight is 351 g/mol. The van der Waals surface area contributed by atoms with Gasteiger partial charge < -0.3 is 14.8 Å². The molecule has 2 aromatic rings. The molecule has 1 saturated heterocycles. The third-order valence-electron chi connectivity index (χ3n) is 3.97. The van der Waals surface area contributed by atoms with Gasteiger partial charge in [0.25, 0.3) is 5.91 Å². The lowest BCUT2D eigenvalue weighted by molar-refractivity contribution is -0.124. The number of fused-ring (bicyclic) bond motifs is 1. The van der Waals surface area contributed by atoms with E-state index >= 15 is 0 Å². The lowest BCUT2D eigenvalue weighted by Gasteiger charge is -2.10. The van der Waals surface area contributed by atoms with Gasteiger partial charge in [0, 0.05) is 23.2 Å². The summed E-state index contributed by atoms with van der Waals surface area (Å²) in [5.41, 5.74) is 0.540. The van der Waals surface area contributed by atoms with Gasteiger partial charge in [-0.15, -0.1) is 11.3 Å². The molecule has 1 unspecified atom stereocenters. The Bertz CT molecular complexity index is 767. The van der Waals surface area contributed by atoms with Crippen molar-refractivity contribution in [3.05, 3.63) is 34.5 Å². The number of carbonyl (C=O) groups is 2. The third kappa shape index (κ3) is 3.57. The summed E-state index contributed by atoms with van der Waals surface area (Å²) in [6.07, 6.45) is 1.96. The topological polar surface area (TPSA) is 64.6 Å². The summed E-state index contributed by atoms with van der Waals surface area (Å²) >= 11 is 1.17. The fraction of sp³-hybridized carbons (Fsp3) is 0.412. The predicted molar refractivity (Wildman–Crippen MR) is 88.8 cm³/mol. The zero-order chi connectivity index (χ0) is 17.1. The number of hydrogen-bond donors (Lipinski definition) is 1. The first-order valence-electron chi connectivity index (χ1n) is 7.79. The van der Waals surface area contributed by atoms with Gasteiger partial charge in [-0.05, 0) is 37.5 Å². The molecular formula is C17H18FNO4S. The molecule has 5 nitrogen and oxygen atoms in total. The summed E-state index contributed by atoms with van der Waals surface area (Å²) < 4.78 is 25.0. The van der Waals surface area contributed by atoms with Crippen molar-refractivity contribution >= 4 is 33.3 Å². The number of amides is 1. The SMILES string of the molecule is Cc1c(C(=O)OCC(=O)NCC2CCCO2)sc2cccc(F)c12. The Kier molecular flexibility index (Phi) is 5.11. The highest BCUT2D eigenvalue weighted by atomic mass is 32.1. The van der Waals surface area contributed by atoms with E-state index in [1.54, 1.807) is 19.1 Å². The zero-order valence-electron chi connectivity index (χ0n) is 13.3. The Hall–Kier alpha value is -1.99. The van der Waals surface area contributed by atoms with Crippen LogP contribution in [0.15, 0.2) is 18.2 Å². The molecule has 1 aromatic heterocycles. The van der Waals surface area contributed by atoms with Crippen LogP contribution in [0.2, 0.25) is 0 Å². The van der Waals surface area contributed by atoms with Crippen LogP contribution in [0.3, 0.4) is 0 Å². The van der Waals surface area contributed by atoms with Crippen LogP contribution >= 0.6 is 11.3 Å². The molecule has 7 heteroatoms. The summed E-state index contributed by atoms with van der Waals surface area (Å²) in [6, 6.07) is 4.71. The van der Waals surface area contributed by atoms with E-state index in [1.165, 1.54) is 17.4 Å². The molecule has 2 heterocycles. The Labute approximate surface area is 142 Å². The van der Waals surface area contributed by atoms with Crippen LogP contribution in [0.1, 0.15) is 28.1 Å². The number of esters is 1. The first kappa shape index (κ1) is 16.9. The molecule has 1 N–H and O–H groups in total. The minimum atomic E-state index is -0.611. The standard InChI is InChI=1S/C17H18FNO4S/c1-10-15-12(18)5-2-6-13(15)24-16(10)17(21)23-9-14(20)19-8-11-4-3-7-22-11/h2,5-6,11H,3-4,7-9H2,1H3,(H,19,20). The van der Waals surface area contributed by atoms with Crippen molar-refractivity contribution in [3.63, 3.8) is 0 Å². The minimum absolute atomic E-state index is 0.0393. The maximum Gasteiger partial charge on any atom is 0.349 e. The number of hydrogen-bond acceptors (Lipinski definition) is 5. The Morgan fingerprint density at radius 3 is 3.00 bits per heavy atom. The average Bonchev–Trinajstić information content (AvgIpc) is 3.19. The largest absolute Gasteiger partial charge is 0.451 e. The van der Waals surface area contributed by atoms with E-state index in [1.807, 2.05) is 0 Å². The van der Waals surface area contributed by atoms with E-state index in [9.17, 15) is 14.0 Å². The molecule has 0 radical (unpaired) electrons. The number of ether oxygens (including phenoxy) is 2. The Morgan fingerprint density at radius 1 is 1.46 bits per heavy atom. The summed E-state index contributed by atoms with van der Waals surface area (Å²) in [6.45, 7) is 2.46. The lowest BCUT2D eigenvalue weighted by Crippen LogP contribution is -2.34. The van der Waals surface area contributed by atoms with Crippen molar-refractivity contribution in [2.45, 2.75) is 25.9 Å². The van der Waals surface area contributed by atoms with Crippen molar-refractivity contribution in [2.75, 3.05) is 19.8 Å². The molecule has 1 aromatic carbocycles. The van der Waals surface area contributed by atoms with Gasteiger partial charge in [-0.2, -0.15) is 0 Å². The van der Waals surface area contributed by atoms with Crippen molar-refractivity contribution in [1.29, 1.82) is 0 Å². The number of halogens is 1. The Balaban J connectivity index is 1.58. The van der Waals surface area contributed by atoms with Gasteiger partial charge in [0.05, 0.1) is 6.10 Å². The number of carbonyl (C=O) groups excluding carboxylic acids is 2. The number of benzene rings is 1. The lowest BCUT2D eigenvalue weighted by atomic mass is 10.1. The monoisotopic (exact) mass is 351 g/mol. The fourth-order valence-electron chi connectivity index (χ4n) is 2.73. The molecule has 3 rings (SSSR count). The molecule has 1 fully saturated rings. The van der Waals surface area contributed by atoms with Crippen LogP contribution in [0, 0.1) is 12.7 Å². The number of rotatable bonds is 5. The number of nitrogens with one attached hydrogen (secondary N) is 1. The van der Waals surface area contributed by atoms with Gasteiger partial charge in [-0.25, -0.2) is 9.18 Å². The van der Waals surface area contributed by atoms with E-state index < -0.39 is 5.97 Å². The van der Waals surface area contributed by atoms with E-state index in [4.69, 9.17) is 9.47 Å². The van der Waals surface area contributed by atoms with Crippen molar-refractivity contribution in [2.24, 2.45) is 0 Å². The van der Waals surface area contributed by atoms with Gasteiger partial charge >= 0.3 is 5.97 Å². The molecule has 24 heavy (non-hydrogen) atoms. The van der Waals surface area contributed by atoms with Gasteiger partial charge in [-0.3, -0.25) is 4.79 Å². The van der Waals surface area contributed by atoms with E-state index in [2.05, 4.69) is 5.32 Å². The van der Waals surface area contributed by atoms with Crippen molar-refractivity contribution in [1.82, 2.24) is 5.32 Å². The van der Waals surface area contributed by atoms with Crippen molar-refractivity contribution < 1.29 is 23.5 Å². The maximum atomic E-state index is 13.9. The van der Waals surface area contributed by atoms with E-state index in [0.29, 0.717) is 27.1 Å². The first-order valence-corrected chi connectivity index (χ1v) is 8.61. The molecule has 1 aliphatic rings. The molecule has 0 aliphatic carbocycles. The van der Waals surface area contributed by atoms with Crippen molar-refractivity contribution in [3.8, 4) is 0 Å². The van der Waals surface area contributed by atoms with Crippen LogP contribution in [0.5, 0.6) is 0 Å². The normalized spacial score (nSPS) is 17.2. The van der Waals surface area contributed by atoms with Crippen LogP contribution in [0.4, 0.5) is 4.39 Å². The summed E-state index contributed by atoms with van der Waals surface area (Å²) in [5.74, 6) is -1.35. The highest BCUT2D eigenvalue weighted by Crippen LogP contribution is 2.32. The minimum Gasteiger partial charge on any atom is -0.451 e. The molecule has 128 valence electrons. The van der Waals surface area contributed by atoms with Crippen LogP contribution in [-0.2, 0) is 14.3 Å². The van der Waals surface area contributed by atoms with E-state index in [0.717, 1.165) is 19.4 Å². The van der Waals surface area contributed by atoms with Gasteiger partial charge in [0.15, 0.2) is 6.61 Å². The van der Waals surface area contributed by atoms with Crippen LogP contribution < -0.4 is 5.32 Å². The predicted octanol–water partition coefficient (Wildman–Crippen LogP) is 2.80. The molecule has 0 spiro atoms. The second kappa shape index (κ2) is 7.27. The maximum absolute atomic E-state index is 13.9. The zero-order valence-corrected chi connectivity index (χ0v) is 14.1. The number of thiophene rings is 1. The summed E-state index contributed by atoms with van der Waals surface area (Å²) in [7, 11) is 0. The van der Waals surface area contributed by atoms with Gasteiger partial charge in [0.1, 0.15) is 10.7 Å². The van der Waals surface area contributed by atoms with E-state index in [-0.39, 0.29) is 24.4 Å². The summed E-state index contributed by atoms with van der Waals surface area (Å²) in [5, 5.41) is 3.11. The second-order valence-electron chi connectivity index (χ2n) is 5.68. The molecule has 1 aliphatic heterocycles. The molecule has 1 amide bonds. The van der Waals surface area contributed by atoms with Gasteiger partial charge in [-0.1, -0.05) is 6.07 Å². The fourth-order valence-corrected chi connectivity index (χ4v) is 3.85. The highest BCUT2D eigenvalue weighted by Gasteiger charge is 2.20. The molecule has 1 atom stereocenters. The van der Waals surface area contributed by atoms with Crippen LogP contribution in [-0.4, -0.2) is 37.7 Å². The smallest absolute Gasteiger partial charge is 0.349 e. The molecular weight excluding hydrogens is 333 g/mol. The first-order chi connectivity index (χ1) is 11.6. The van der Waals surface area contributed by atoms with Crippen LogP contribution in [0.25, 0.3) is 10.1 Å². The highest BCUT2D eigenvalue weighted by molar-refractivity contribution is 7.21. The third-order valence-corrected chi connectivity index (χ3v) is 5.21.